The summed E-state index contributed by atoms with van der Waals surface area (Å²) in [7, 11) is 1.38. The second kappa shape index (κ2) is 7.68. The van der Waals surface area contributed by atoms with Crippen LogP contribution >= 0.6 is 11.6 Å². The zero-order valence-corrected chi connectivity index (χ0v) is 16.8. The van der Waals surface area contributed by atoms with Crippen molar-refractivity contribution >= 4 is 23.6 Å². The Labute approximate surface area is 163 Å². The molecule has 1 aromatic rings. The molecule has 1 aliphatic rings. The molecule has 3 unspecified atom stereocenters. The first-order chi connectivity index (χ1) is 12.5. The van der Waals surface area contributed by atoms with Gasteiger partial charge in [0, 0.05) is 5.70 Å². The van der Waals surface area contributed by atoms with Crippen LogP contribution in [0.15, 0.2) is 24.4 Å². The van der Waals surface area contributed by atoms with Gasteiger partial charge >= 0.3 is 12.0 Å². The average molecular weight is 397 g/mol. The van der Waals surface area contributed by atoms with Crippen LogP contribution in [0.2, 0.25) is 5.02 Å². The maximum atomic E-state index is 12.9. The van der Waals surface area contributed by atoms with Crippen LogP contribution in [0.1, 0.15) is 39.3 Å². The molecule has 1 aromatic carbocycles. The number of amides is 2. The summed E-state index contributed by atoms with van der Waals surface area (Å²) in [5, 5.41) is 15.2. The standard InChI is InChI=1S/C19H25ClN2O5/c1-9-14(17(24)27-10(2)19(3,4)5)15(22-18(25)21-9)11-7-12(20)16(23)13(8-11)26-6/h7-8,10,14-15,23H,1H2,2-6H3,(H2,21,22,25). The highest BCUT2D eigenvalue weighted by Gasteiger charge is 2.41. The number of methoxy groups -OCH3 is 1. The number of rotatable bonds is 4. The molecule has 27 heavy (non-hydrogen) atoms. The summed E-state index contributed by atoms with van der Waals surface area (Å²) in [6.45, 7) is 11.5. The van der Waals surface area contributed by atoms with E-state index in [9.17, 15) is 14.7 Å². The maximum Gasteiger partial charge on any atom is 0.319 e. The van der Waals surface area contributed by atoms with Gasteiger partial charge in [0.15, 0.2) is 11.5 Å². The molecule has 1 aliphatic heterocycles. The number of nitrogens with one attached hydrogen (secondary N) is 2. The van der Waals surface area contributed by atoms with Gasteiger partial charge in [-0.15, -0.1) is 0 Å². The molecule has 3 atom stereocenters. The van der Waals surface area contributed by atoms with E-state index in [0.29, 0.717) is 5.56 Å². The molecular weight excluding hydrogens is 372 g/mol. The third-order valence-corrected chi connectivity index (χ3v) is 4.95. The lowest BCUT2D eigenvalue weighted by molar-refractivity contribution is -0.158. The molecule has 7 nitrogen and oxygen atoms in total. The van der Waals surface area contributed by atoms with Gasteiger partial charge in [0.05, 0.1) is 18.2 Å². The number of urea groups is 1. The van der Waals surface area contributed by atoms with Crippen LogP contribution in [0.5, 0.6) is 11.5 Å². The molecule has 1 heterocycles. The van der Waals surface area contributed by atoms with E-state index in [-0.39, 0.29) is 33.7 Å². The Morgan fingerprint density at radius 2 is 2.00 bits per heavy atom. The van der Waals surface area contributed by atoms with Gasteiger partial charge in [0.1, 0.15) is 12.0 Å². The van der Waals surface area contributed by atoms with Gasteiger partial charge in [-0.25, -0.2) is 4.79 Å². The smallest absolute Gasteiger partial charge is 0.319 e. The molecule has 0 bridgehead atoms. The van der Waals surface area contributed by atoms with Crippen molar-refractivity contribution < 1.29 is 24.2 Å². The van der Waals surface area contributed by atoms with Gasteiger partial charge in [-0.3, -0.25) is 4.79 Å². The lowest BCUT2D eigenvalue weighted by atomic mass is 9.87. The first kappa shape index (κ1) is 20.9. The SMILES string of the molecule is C=C1NC(=O)NC(c2cc(Cl)c(O)c(OC)c2)C1C(=O)OC(C)C(C)(C)C. The van der Waals surface area contributed by atoms with E-state index in [1.54, 1.807) is 0 Å². The van der Waals surface area contributed by atoms with Crippen LogP contribution in [0.3, 0.4) is 0 Å². The minimum Gasteiger partial charge on any atom is -0.503 e. The minimum absolute atomic E-state index is 0.0397. The molecule has 0 radical (unpaired) electrons. The van der Waals surface area contributed by atoms with Gasteiger partial charge in [0.2, 0.25) is 0 Å². The molecule has 3 N–H and O–H groups in total. The van der Waals surface area contributed by atoms with E-state index in [1.165, 1.54) is 19.2 Å². The van der Waals surface area contributed by atoms with Crippen molar-refractivity contribution in [2.45, 2.75) is 39.8 Å². The number of esters is 1. The van der Waals surface area contributed by atoms with E-state index >= 15 is 0 Å². The number of carbonyl (C=O) groups excluding carboxylic acids is 2. The number of carbonyl (C=O) groups is 2. The van der Waals surface area contributed by atoms with Gasteiger partial charge in [0.25, 0.3) is 0 Å². The van der Waals surface area contributed by atoms with Gasteiger partial charge in [-0.1, -0.05) is 39.0 Å². The van der Waals surface area contributed by atoms with Crippen molar-refractivity contribution in [3.63, 3.8) is 0 Å². The number of phenols is 1. The Hall–Kier alpha value is -2.41. The van der Waals surface area contributed by atoms with Crippen molar-refractivity contribution in [3.05, 3.63) is 35.0 Å². The molecule has 0 spiro atoms. The molecule has 8 heteroatoms. The zero-order chi connectivity index (χ0) is 20.5. The molecule has 1 fully saturated rings. The summed E-state index contributed by atoms with van der Waals surface area (Å²) >= 11 is 6.06. The molecule has 0 saturated carbocycles. The minimum atomic E-state index is -0.877. The largest absolute Gasteiger partial charge is 0.503 e. The first-order valence-corrected chi connectivity index (χ1v) is 8.86. The van der Waals surface area contributed by atoms with Gasteiger partial charge < -0.3 is 25.2 Å². The second-order valence-corrected chi connectivity index (χ2v) is 7.98. The number of hydrogen-bond acceptors (Lipinski definition) is 5. The molecule has 0 aromatic heterocycles. The van der Waals surface area contributed by atoms with Crippen LogP contribution in [0.25, 0.3) is 0 Å². The number of benzene rings is 1. The normalized spacial score (nSPS) is 21.1. The summed E-state index contributed by atoms with van der Waals surface area (Å²) in [5.41, 5.74) is 0.456. The predicted octanol–water partition coefficient (Wildman–Crippen LogP) is 3.52. The highest BCUT2D eigenvalue weighted by molar-refractivity contribution is 6.32. The summed E-state index contributed by atoms with van der Waals surface area (Å²) in [5.74, 6) is -1.49. The molecular formula is C19H25ClN2O5. The Kier molecular flexibility index (Phi) is 5.94. The summed E-state index contributed by atoms with van der Waals surface area (Å²) in [4.78, 5) is 24.8. The third-order valence-electron chi connectivity index (χ3n) is 4.67. The first-order valence-electron chi connectivity index (χ1n) is 8.49. The lowest BCUT2D eigenvalue weighted by Gasteiger charge is -2.35. The highest BCUT2D eigenvalue weighted by Crippen LogP contribution is 2.40. The van der Waals surface area contributed by atoms with E-state index < -0.39 is 24.0 Å². The molecule has 2 rings (SSSR count). The molecule has 0 aliphatic carbocycles. The highest BCUT2D eigenvalue weighted by atomic mass is 35.5. The van der Waals surface area contributed by atoms with E-state index in [1.807, 2.05) is 27.7 Å². The van der Waals surface area contributed by atoms with Crippen molar-refractivity contribution in [1.82, 2.24) is 10.6 Å². The molecule has 2 amide bonds. The van der Waals surface area contributed by atoms with Crippen LogP contribution in [-0.4, -0.2) is 30.3 Å². The number of ether oxygens (including phenoxy) is 2. The van der Waals surface area contributed by atoms with Gasteiger partial charge in [-0.05, 0) is 30.0 Å². The van der Waals surface area contributed by atoms with Crippen LogP contribution in [0.4, 0.5) is 4.79 Å². The Balaban J connectivity index is 2.42. The van der Waals surface area contributed by atoms with Crippen LogP contribution in [0, 0.1) is 11.3 Å². The number of phenolic OH excluding ortho intramolecular Hbond substituents is 1. The fraction of sp³-hybridized carbons (Fsp3) is 0.474. The van der Waals surface area contributed by atoms with E-state index in [0.717, 1.165) is 0 Å². The second-order valence-electron chi connectivity index (χ2n) is 7.58. The Bertz CT molecular complexity index is 772. The topological polar surface area (TPSA) is 96.9 Å². The van der Waals surface area contributed by atoms with E-state index in [4.69, 9.17) is 21.1 Å². The summed E-state index contributed by atoms with van der Waals surface area (Å²) < 4.78 is 10.7. The molecule has 1 saturated heterocycles. The van der Waals surface area contributed by atoms with Crippen molar-refractivity contribution in [2.75, 3.05) is 7.11 Å². The number of halogens is 1. The maximum absolute atomic E-state index is 12.9. The van der Waals surface area contributed by atoms with Crippen LogP contribution < -0.4 is 15.4 Å². The van der Waals surface area contributed by atoms with Crippen LogP contribution in [-0.2, 0) is 9.53 Å². The lowest BCUT2D eigenvalue weighted by Crippen LogP contribution is -2.51. The summed E-state index contributed by atoms with van der Waals surface area (Å²) in [6.07, 6.45) is -0.353. The van der Waals surface area contributed by atoms with Crippen molar-refractivity contribution in [1.29, 1.82) is 0 Å². The Morgan fingerprint density at radius 1 is 1.37 bits per heavy atom. The Morgan fingerprint density at radius 3 is 2.56 bits per heavy atom. The summed E-state index contributed by atoms with van der Waals surface area (Å²) in [6, 6.07) is 1.70. The van der Waals surface area contributed by atoms with Crippen molar-refractivity contribution in [3.8, 4) is 11.5 Å². The number of aromatic hydroxyl groups is 1. The fourth-order valence-corrected chi connectivity index (χ4v) is 2.81. The average Bonchev–Trinajstić information content (AvgIpc) is 2.55. The van der Waals surface area contributed by atoms with Crippen molar-refractivity contribution in [2.24, 2.45) is 11.3 Å². The monoisotopic (exact) mass is 396 g/mol. The zero-order valence-electron chi connectivity index (χ0n) is 16.1. The predicted molar refractivity (Wildman–Crippen MR) is 102 cm³/mol. The number of hydrogen-bond donors (Lipinski definition) is 3. The van der Waals surface area contributed by atoms with Gasteiger partial charge in [-0.2, -0.15) is 0 Å². The quantitative estimate of drug-likeness (QED) is 0.676. The third kappa shape index (κ3) is 4.47. The molecule has 148 valence electrons. The van der Waals surface area contributed by atoms with E-state index in [2.05, 4.69) is 17.2 Å². The fourth-order valence-electron chi connectivity index (χ4n) is 2.59.